The first-order valence-electron chi connectivity index (χ1n) is 5.21. The highest BCUT2D eigenvalue weighted by molar-refractivity contribution is 5.67. The van der Waals surface area contributed by atoms with E-state index in [1.54, 1.807) is 24.3 Å². The lowest BCUT2D eigenvalue weighted by Crippen LogP contribution is -1.88. The van der Waals surface area contributed by atoms with Crippen molar-refractivity contribution in [2.45, 2.75) is 0 Å². The van der Waals surface area contributed by atoms with Gasteiger partial charge in [-0.05, 0) is 35.4 Å². The van der Waals surface area contributed by atoms with Crippen molar-refractivity contribution in [1.29, 1.82) is 5.26 Å². The van der Waals surface area contributed by atoms with Gasteiger partial charge >= 0.3 is 0 Å². The van der Waals surface area contributed by atoms with E-state index in [-0.39, 0.29) is 5.69 Å². The van der Waals surface area contributed by atoms with Gasteiger partial charge in [-0.2, -0.15) is 5.26 Å². The van der Waals surface area contributed by atoms with Gasteiger partial charge in [0.25, 0.3) is 5.69 Å². The summed E-state index contributed by atoms with van der Waals surface area (Å²) in [6.45, 7) is 0. The van der Waals surface area contributed by atoms with Gasteiger partial charge in [0.05, 0.1) is 4.92 Å². The molecule has 0 aliphatic rings. The number of nitro benzene ring substituents is 1. The Morgan fingerprint density at radius 1 is 1.00 bits per heavy atom. The van der Waals surface area contributed by atoms with Gasteiger partial charge in [0.15, 0.2) is 6.19 Å². The van der Waals surface area contributed by atoms with Gasteiger partial charge in [-0.25, -0.2) is 0 Å². The van der Waals surface area contributed by atoms with E-state index in [4.69, 9.17) is 5.26 Å². The van der Waals surface area contributed by atoms with Gasteiger partial charge in [0.2, 0.25) is 0 Å². The zero-order valence-corrected chi connectivity index (χ0v) is 9.33. The van der Waals surface area contributed by atoms with Crippen LogP contribution in [-0.2, 0) is 0 Å². The van der Waals surface area contributed by atoms with Gasteiger partial charge in [0.1, 0.15) is 0 Å². The van der Waals surface area contributed by atoms with Crippen LogP contribution in [0, 0.1) is 21.6 Å². The molecule has 2 aromatic carbocycles. The molecule has 0 radical (unpaired) electrons. The molecule has 0 atom stereocenters. The Morgan fingerprint density at radius 3 is 1.94 bits per heavy atom. The molecule has 0 bridgehead atoms. The standard InChI is InChI=1S/C13H9N3O2/c14-9-15-12-5-1-10(2-6-12)11-3-7-13(8-4-11)16(17)18/h1-8,15H. The van der Waals surface area contributed by atoms with Crippen molar-refractivity contribution < 1.29 is 4.92 Å². The second-order valence-electron chi connectivity index (χ2n) is 3.62. The Bertz CT molecular complexity index is 598. The van der Waals surface area contributed by atoms with E-state index >= 15 is 0 Å². The molecule has 0 heterocycles. The number of rotatable bonds is 3. The summed E-state index contributed by atoms with van der Waals surface area (Å²) < 4.78 is 0. The second-order valence-corrected chi connectivity index (χ2v) is 3.62. The highest BCUT2D eigenvalue weighted by Crippen LogP contribution is 2.23. The minimum absolute atomic E-state index is 0.0708. The number of nitriles is 1. The summed E-state index contributed by atoms with van der Waals surface area (Å²) in [7, 11) is 0. The molecule has 0 saturated heterocycles. The molecule has 0 spiro atoms. The van der Waals surface area contributed by atoms with Crippen molar-refractivity contribution in [3.05, 3.63) is 58.6 Å². The summed E-state index contributed by atoms with van der Waals surface area (Å²) >= 11 is 0. The lowest BCUT2D eigenvalue weighted by atomic mass is 10.1. The summed E-state index contributed by atoms with van der Waals surface area (Å²) in [6, 6.07) is 13.6. The van der Waals surface area contributed by atoms with Crippen LogP contribution in [0.2, 0.25) is 0 Å². The maximum absolute atomic E-state index is 10.5. The number of anilines is 1. The predicted molar refractivity (Wildman–Crippen MR) is 67.8 cm³/mol. The smallest absolute Gasteiger partial charge is 0.269 e. The largest absolute Gasteiger partial charge is 0.293 e. The van der Waals surface area contributed by atoms with Crippen LogP contribution in [0.15, 0.2) is 48.5 Å². The quantitative estimate of drug-likeness (QED) is 0.386. The molecule has 88 valence electrons. The van der Waals surface area contributed by atoms with Crippen molar-refractivity contribution in [2.75, 3.05) is 5.32 Å². The van der Waals surface area contributed by atoms with Crippen molar-refractivity contribution in [3.63, 3.8) is 0 Å². The fourth-order valence-corrected chi connectivity index (χ4v) is 1.59. The SMILES string of the molecule is N#CNc1ccc(-c2ccc([N+](=O)[O-])cc2)cc1. The number of benzene rings is 2. The van der Waals surface area contributed by atoms with Gasteiger partial charge in [-0.3, -0.25) is 15.4 Å². The monoisotopic (exact) mass is 239 g/mol. The first kappa shape index (κ1) is 11.6. The minimum Gasteiger partial charge on any atom is -0.293 e. The molecule has 0 saturated carbocycles. The molecular weight excluding hydrogens is 230 g/mol. The molecule has 1 N–H and O–H groups in total. The molecule has 0 aliphatic heterocycles. The van der Waals surface area contributed by atoms with Crippen LogP contribution < -0.4 is 5.32 Å². The van der Waals surface area contributed by atoms with E-state index in [9.17, 15) is 10.1 Å². The van der Waals surface area contributed by atoms with Crippen molar-refractivity contribution in [1.82, 2.24) is 0 Å². The Balaban J connectivity index is 2.26. The van der Waals surface area contributed by atoms with Crippen LogP contribution in [0.5, 0.6) is 0 Å². The second kappa shape index (κ2) is 4.97. The number of hydrogen-bond acceptors (Lipinski definition) is 4. The molecular formula is C13H9N3O2. The van der Waals surface area contributed by atoms with E-state index in [0.29, 0.717) is 5.69 Å². The summed E-state index contributed by atoms with van der Waals surface area (Å²) in [5.74, 6) is 0. The van der Waals surface area contributed by atoms with E-state index in [1.165, 1.54) is 12.1 Å². The van der Waals surface area contributed by atoms with E-state index in [0.717, 1.165) is 11.1 Å². The van der Waals surface area contributed by atoms with Crippen LogP contribution in [0.3, 0.4) is 0 Å². The molecule has 0 aliphatic carbocycles. The average Bonchev–Trinajstić information content (AvgIpc) is 2.40. The topological polar surface area (TPSA) is 79.0 Å². The maximum Gasteiger partial charge on any atom is 0.269 e. The first-order chi connectivity index (χ1) is 8.70. The third-order valence-corrected chi connectivity index (χ3v) is 2.50. The van der Waals surface area contributed by atoms with Crippen LogP contribution in [0.25, 0.3) is 11.1 Å². The lowest BCUT2D eigenvalue weighted by molar-refractivity contribution is -0.384. The Labute approximate surface area is 103 Å². The van der Waals surface area contributed by atoms with Crippen LogP contribution >= 0.6 is 0 Å². The molecule has 5 nitrogen and oxygen atoms in total. The average molecular weight is 239 g/mol. The molecule has 5 heteroatoms. The van der Waals surface area contributed by atoms with Crippen molar-refractivity contribution in [2.24, 2.45) is 0 Å². The highest BCUT2D eigenvalue weighted by Gasteiger charge is 2.04. The van der Waals surface area contributed by atoms with Crippen molar-refractivity contribution in [3.8, 4) is 17.3 Å². The van der Waals surface area contributed by atoms with E-state index in [2.05, 4.69) is 5.32 Å². The molecule has 18 heavy (non-hydrogen) atoms. The number of non-ortho nitro benzene ring substituents is 1. The van der Waals surface area contributed by atoms with Gasteiger partial charge in [-0.15, -0.1) is 0 Å². The third-order valence-electron chi connectivity index (χ3n) is 2.50. The van der Waals surface area contributed by atoms with Gasteiger partial charge < -0.3 is 0 Å². The molecule has 2 rings (SSSR count). The van der Waals surface area contributed by atoms with Crippen LogP contribution in [0.1, 0.15) is 0 Å². The Hall–Kier alpha value is -2.87. The van der Waals surface area contributed by atoms with Crippen LogP contribution in [-0.4, -0.2) is 4.92 Å². The fourth-order valence-electron chi connectivity index (χ4n) is 1.59. The molecule has 0 aromatic heterocycles. The molecule has 0 unspecified atom stereocenters. The summed E-state index contributed by atoms with van der Waals surface area (Å²) in [5.41, 5.74) is 2.61. The molecule has 0 fully saturated rings. The van der Waals surface area contributed by atoms with Gasteiger partial charge in [-0.1, -0.05) is 12.1 Å². The highest BCUT2D eigenvalue weighted by atomic mass is 16.6. The summed E-state index contributed by atoms with van der Waals surface area (Å²) in [4.78, 5) is 10.1. The Morgan fingerprint density at radius 2 is 1.50 bits per heavy atom. The number of nitrogens with one attached hydrogen (secondary N) is 1. The van der Waals surface area contributed by atoms with E-state index in [1.807, 2.05) is 18.3 Å². The number of hydrogen-bond donors (Lipinski definition) is 1. The van der Waals surface area contributed by atoms with Crippen LogP contribution in [0.4, 0.5) is 11.4 Å². The Kier molecular flexibility index (Phi) is 3.21. The fraction of sp³-hybridized carbons (Fsp3) is 0. The normalized spacial score (nSPS) is 9.50. The number of nitro groups is 1. The van der Waals surface area contributed by atoms with Gasteiger partial charge in [0, 0.05) is 17.8 Å². The third kappa shape index (κ3) is 2.44. The zero-order valence-electron chi connectivity index (χ0n) is 9.33. The minimum atomic E-state index is -0.427. The first-order valence-corrected chi connectivity index (χ1v) is 5.21. The van der Waals surface area contributed by atoms with E-state index < -0.39 is 4.92 Å². The predicted octanol–water partition coefficient (Wildman–Crippen LogP) is 3.15. The summed E-state index contributed by atoms with van der Waals surface area (Å²) in [5, 5.41) is 21.5. The zero-order chi connectivity index (χ0) is 13.0. The molecule has 0 amide bonds. The maximum atomic E-state index is 10.5. The number of nitrogens with zero attached hydrogens (tertiary/aromatic N) is 2. The lowest BCUT2D eigenvalue weighted by Gasteiger charge is -2.02. The summed E-state index contributed by atoms with van der Waals surface area (Å²) in [6.07, 6.45) is 1.84. The van der Waals surface area contributed by atoms with Crippen molar-refractivity contribution >= 4 is 11.4 Å². The molecule has 2 aromatic rings.